The Hall–Kier alpha value is -1.48. The molecule has 1 N–H and O–H groups in total. The van der Waals surface area contributed by atoms with E-state index in [-0.39, 0.29) is 0 Å². The van der Waals surface area contributed by atoms with Crippen molar-refractivity contribution < 1.29 is 0 Å². The third-order valence-corrected chi connectivity index (χ3v) is 3.15. The normalized spacial score (nSPS) is 14.9. The highest BCUT2D eigenvalue weighted by Gasteiger charge is 2.26. The molecule has 0 saturated heterocycles. The molecule has 0 amide bonds. The molecule has 4 heteroatoms. The van der Waals surface area contributed by atoms with Crippen LogP contribution in [0.2, 0.25) is 5.02 Å². The number of benzene rings is 1. The Morgan fingerprint density at radius 1 is 1.29 bits per heavy atom. The molecule has 3 nitrogen and oxygen atoms in total. The van der Waals surface area contributed by atoms with Gasteiger partial charge in [-0.3, -0.25) is 0 Å². The average molecular weight is 248 g/mol. The number of imidazole rings is 1. The fraction of sp³-hybridized carbons (Fsp3) is 0.308. The summed E-state index contributed by atoms with van der Waals surface area (Å²) < 4.78 is 2.23. The first kappa shape index (κ1) is 10.7. The summed E-state index contributed by atoms with van der Waals surface area (Å²) >= 11 is 5.86. The summed E-state index contributed by atoms with van der Waals surface area (Å²) in [5.74, 6) is 0.923. The van der Waals surface area contributed by atoms with Crippen LogP contribution in [0.25, 0.3) is 0 Å². The summed E-state index contributed by atoms with van der Waals surface area (Å²) in [6.07, 6.45) is 4.62. The molecule has 1 heterocycles. The van der Waals surface area contributed by atoms with Gasteiger partial charge in [-0.25, -0.2) is 4.98 Å². The van der Waals surface area contributed by atoms with Crippen LogP contribution in [0.4, 0.5) is 11.6 Å². The monoisotopic (exact) mass is 247 g/mol. The molecule has 1 aromatic heterocycles. The fourth-order valence-electron chi connectivity index (χ4n) is 1.90. The molecule has 1 saturated carbocycles. The minimum Gasteiger partial charge on any atom is -0.326 e. The van der Waals surface area contributed by atoms with E-state index in [2.05, 4.69) is 21.1 Å². The molecule has 0 bridgehead atoms. The zero-order valence-corrected chi connectivity index (χ0v) is 10.4. The third-order valence-electron chi connectivity index (χ3n) is 2.89. The van der Waals surface area contributed by atoms with Crippen molar-refractivity contribution in [1.29, 1.82) is 0 Å². The maximum Gasteiger partial charge on any atom is 0.207 e. The lowest BCUT2D eigenvalue weighted by Crippen LogP contribution is -2.00. The molecule has 0 atom stereocenters. The Kier molecular flexibility index (Phi) is 2.56. The van der Waals surface area contributed by atoms with Crippen molar-refractivity contribution in [3.63, 3.8) is 0 Å². The van der Waals surface area contributed by atoms with Crippen LogP contribution < -0.4 is 5.32 Å². The predicted molar refractivity (Wildman–Crippen MR) is 70.0 cm³/mol. The second kappa shape index (κ2) is 4.08. The number of rotatable bonds is 3. The molecule has 3 rings (SSSR count). The molecule has 2 aromatic rings. The van der Waals surface area contributed by atoms with Gasteiger partial charge in [0.25, 0.3) is 0 Å². The van der Waals surface area contributed by atoms with E-state index in [0.29, 0.717) is 6.04 Å². The Morgan fingerprint density at radius 3 is 2.65 bits per heavy atom. The molecule has 88 valence electrons. The summed E-state index contributed by atoms with van der Waals surface area (Å²) in [6, 6.07) is 8.31. The highest BCUT2D eigenvalue weighted by Crippen LogP contribution is 2.37. The number of nitrogens with zero attached hydrogens (tertiary/aromatic N) is 2. The van der Waals surface area contributed by atoms with Crippen molar-refractivity contribution in [3.8, 4) is 0 Å². The standard InChI is InChI=1S/C13H14ClN3/c1-9-8-17(12-6-7-12)13(15-9)16-11-4-2-10(14)3-5-11/h2-5,8,12H,6-7H2,1H3,(H,15,16). The number of anilines is 2. The molecule has 1 aromatic carbocycles. The first-order valence-corrected chi connectivity index (χ1v) is 6.18. The van der Waals surface area contributed by atoms with Gasteiger partial charge in [-0.2, -0.15) is 0 Å². The summed E-state index contributed by atoms with van der Waals surface area (Å²) in [4.78, 5) is 4.51. The second-order valence-corrected chi connectivity index (χ2v) is 4.91. The first-order valence-electron chi connectivity index (χ1n) is 5.80. The van der Waals surface area contributed by atoms with Crippen LogP contribution in [0.1, 0.15) is 24.6 Å². The molecule has 1 fully saturated rings. The number of aryl methyl sites for hydroxylation is 1. The maximum absolute atomic E-state index is 5.86. The van der Waals surface area contributed by atoms with E-state index in [4.69, 9.17) is 11.6 Å². The molecule has 0 radical (unpaired) electrons. The van der Waals surface area contributed by atoms with Gasteiger partial charge in [0, 0.05) is 22.9 Å². The lowest BCUT2D eigenvalue weighted by atomic mass is 10.3. The summed E-state index contributed by atoms with van der Waals surface area (Å²) in [5.41, 5.74) is 2.07. The lowest BCUT2D eigenvalue weighted by Gasteiger charge is -2.08. The van der Waals surface area contributed by atoms with E-state index in [1.807, 2.05) is 31.2 Å². The van der Waals surface area contributed by atoms with E-state index < -0.39 is 0 Å². The first-order chi connectivity index (χ1) is 8.22. The summed E-state index contributed by atoms with van der Waals surface area (Å²) in [7, 11) is 0. The molecule has 1 aliphatic rings. The van der Waals surface area contributed by atoms with Gasteiger partial charge in [0.1, 0.15) is 0 Å². The van der Waals surface area contributed by atoms with Crippen LogP contribution in [0.15, 0.2) is 30.5 Å². The van der Waals surface area contributed by atoms with E-state index in [1.54, 1.807) is 0 Å². The minimum atomic E-state index is 0.631. The average Bonchev–Trinajstić information content (AvgIpc) is 3.07. The van der Waals surface area contributed by atoms with Crippen LogP contribution in [0.5, 0.6) is 0 Å². The SMILES string of the molecule is Cc1cn(C2CC2)c(Nc2ccc(Cl)cc2)n1. The van der Waals surface area contributed by atoms with Gasteiger partial charge in [0.2, 0.25) is 5.95 Å². The van der Waals surface area contributed by atoms with Crippen molar-refractivity contribution >= 4 is 23.2 Å². The third kappa shape index (κ3) is 2.29. The zero-order valence-electron chi connectivity index (χ0n) is 9.65. The van der Waals surface area contributed by atoms with Crippen LogP contribution in [-0.2, 0) is 0 Å². The Labute approximate surface area is 105 Å². The van der Waals surface area contributed by atoms with E-state index in [0.717, 1.165) is 22.4 Å². The number of halogens is 1. The number of hydrogen-bond donors (Lipinski definition) is 1. The van der Waals surface area contributed by atoms with Gasteiger partial charge in [-0.05, 0) is 44.0 Å². The van der Waals surface area contributed by atoms with E-state index in [9.17, 15) is 0 Å². The Bertz CT molecular complexity index is 526. The molecule has 17 heavy (non-hydrogen) atoms. The molecular weight excluding hydrogens is 234 g/mol. The van der Waals surface area contributed by atoms with Gasteiger partial charge in [0.15, 0.2) is 0 Å². The smallest absolute Gasteiger partial charge is 0.207 e. The lowest BCUT2D eigenvalue weighted by molar-refractivity contribution is 0.750. The van der Waals surface area contributed by atoms with Gasteiger partial charge >= 0.3 is 0 Å². The molecule has 0 unspecified atom stereocenters. The Morgan fingerprint density at radius 2 is 2.00 bits per heavy atom. The molecular formula is C13H14ClN3. The van der Waals surface area contributed by atoms with Crippen LogP contribution in [0.3, 0.4) is 0 Å². The van der Waals surface area contributed by atoms with Gasteiger partial charge < -0.3 is 9.88 Å². The van der Waals surface area contributed by atoms with Gasteiger partial charge in [-0.15, -0.1) is 0 Å². The van der Waals surface area contributed by atoms with E-state index in [1.165, 1.54) is 12.8 Å². The van der Waals surface area contributed by atoms with Crippen molar-refractivity contribution in [3.05, 3.63) is 41.2 Å². The molecule has 0 aliphatic heterocycles. The second-order valence-electron chi connectivity index (χ2n) is 4.48. The van der Waals surface area contributed by atoms with Crippen molar-refractivity contribution in [1.82, 2.24) is 9.55 Å². The minimum absolute atomic E-state index is 0.631. The van der Waals surface area contributed by atoms with Crippen LogP contribution >= 0.6 is 11.6 Å². The van der Waals surface area contributed by atoms with Crippen molar-refractivity contribution in [2.75, 3.05) is 5.32 Å². The van der Waals surface area contributed by atoms with Gasteiger partial charge in [0.05, 0.1) is 5.69 Å². The molecule has 0 spiro atoms. The summed E-state index contributed by atoms with van der Waals surface area (Å²) in [6.45, 7) is 2.02. The highest BCUT2D eigenvalue weighted by molar-refractivity contribution is 6.30. The van der Waals surface area contributed by atoms with Crippen molar-refractivity contribution in [2.45, 2.75) is 25.8 Å². The number of hydrogen-bond acceptors (Lipinski definition) is 2. The molecule has 1 aliphatic carbocycles. The number of aromatic nitrogens is 2. The van der Waals surface area contributed by atoms with Crippen LogP contribution in [0, 0.1) is 6.92 Å². The quantitative estimate of drug-likeness (QED) is 0.891. The number of nitrogens with one attached hydrogen (secondary N) is 1. The largest absolute Gasteiger partial charge is 0.326 e. The predicted octanol–water partition coefficient (Wildman–Crippen LogP) is 3.92. The maximum atomic E-state index is 5.86. The highest BCUT2D eigenvalue weighted by atomic mass is 35.5. The van der Waals surface area contributed by atoms with Gasteiger partial charge in [-0.1, -0.05) is 11.6 Å². The zero-order chi connectivity index (χ0) is 11.8. The summed E-state index contributed by atoms with van der Waals surface area (Å²) in [5, 5.41) is 4.08. The Balaban J connectivity index is 1.86. The topological polar surface area (TPSA) is 29.9 Å². The fourth-order valence-corrected chi connectivity index (χ4v) is 2.03. The van der Waals surface area contributed by atoms with Crippen molar-refractivity contribution in [2.24, 2.45) is 0 Å². The van der Waals surface area contributed by atoms with E-state index >= 15 is 0 Å². The van der Waals surface area contributed by atoms with Crippen LogP contribution in [-0.4, -0.2) is 9.55 Å².